The van der Waals surface area contributed by atoms with Crippen molar-refractivity contribution in [2.24, 2.45) is 5.73 Å². The zero-order valence-electron chi connectivity index (χ0n) is 13.2. The molecule has 2 heteroatoms. The number of nitrogens with two attached hydrogens (primary N) is 1. The molecule has 0 radical (unpaired) electrons. The number of benzene rings is 1. The van der Waals surface area contributed by atoms with Gasteiger partial charge in [-0.2, -0.15) is 0 Å². The third kappa shape index (κ3) is 2.58. The summed E-state index contributed by atoms with van der Waals surface area (Å²) in [6, 6.07) is 4.30. The third-order valence-electron chi connectivity index (χ3n) is 5.03. The molecule has 0 aliphatic heterocycles. The molecular weight excluding hydrogens is 246 g/mol. The van der Waals surface area contributed by atoms with Gasteiger partial charge in [0.2, 0.25) is 0 Å². The fourth-order valence-electron chi connectivity index (χ4n) is 3.76. The molecule has 1 aliphatic carbocycles. The summed E-state index contributed by atoms with van der Waals surface area (Å²) in [5, 5.41) is 10.8. The Hall–Kier alpha value is -1.02. The Labute approximate surface area is 123 Å². The Kier molecular flexibility index (Phi) is 4.74. The molecule has 0 atom stereocenters. The van der Waals surface area contributed by atoms with Crippen LogP contribution in [0.2, 0.25) is 0 Å². The molecule has 2 rings (SSSR count). The second-order valence-electron chi connectivity index (χ2n) is 6.59. The van der Waals surface area contributed by atoms with Gasteiger partial charge in [0, 0.05) is 17.5 Å². The van der Waals surface area contributed by atoms with Crippen LogP contribution in [0.1, 0.15) is 75.5 Å². The molecule has 0 bridgehead atoms. The molecule has 3 N–H and O–H groups in total. The quantitative estimate of drug-likeness (QED) is 0.863. The summed E-state index contributed by atoms with van der Waals surface area (Å²) < 4.78 is 0. The van der Waals surface area contributed by atoms with Crippen molar-refractivity contribution in [1.82, 2.24) is 0 Å². The molecule has 0 spiro atoms. The molecule has 112 valence electrons. The molecule has 20 heavy (non-hydrogen) atoms. The molecule has 0 aromatic heterocycles. The van der Waals surface area contributed by atoms with Gasteiger partial charge in [0.15, 0.2) is 0 Å². The van der Waals surface area contributed by atoms with Gasteiger partial charge in [0.05, 0.1) is 0 Å². The van der Waals surface area contributed by atoms with E-state index >= 15 is 0 Å². The summed E-state index contributed by atoms with van der Waals surface area (Å²) in [7, 11) is 0. The largest absolute Gasteiger partial charge is 0.507 e. The van der Waals surface area contributed by atoms with Gasteiger partial charge < -0.3 is 10.8 Å². The lowest BCUT2D eigenvalue weighted by molar-refractivity contribution is 0.287. The second kappa shape index (κ2) is 6.17. The lowest BCUT2D eigenvalue weighted by atomic mass is 9.66. The number of phenols is 1. The highest BCUT2D eigenvalue weighted by Crippen LogP contribution is 2.46. The zero-order chi connectivity index (χ0) is 14.8. The summed E-state index contributed by atoms with van der Waals surface area (Å²) >= 11 is 0. The van der Waals surface area contributed by atoms with Crippen molar-refractivity contribution in [2.75, 3.05) is 6.54 Å². The molecule has 1 aromatic rings. The van der Waals surface area contributed by atoms with Crippen LogP contribution in [0, 0.1) is 0 Å². The van der Waals surface area contributed by atoms with Crippen LogP contribution in [-0.4, -0.2) is 11.7 Å². The first kappa shape index (κ1) is 15.4. The SMILES string of the molecule is CCc1ccc(C(C)C)c(C2(CN)CCCCC2)c1O. The highest BCUT2D eigenvalue weighted by Gasteiger charge is 2.37. The van der Waals surface area contributed by atoms with E-state index in [-0.39, 0.29) is 5.41 Å². The first-order valence-electron chi connectivity index (χ1n) is 8.11. The van der Waals surface area contributed by atoms with E-state index in [0.717, 1.165) is 30.4 Å². The topological polar surface area (TPSA) is 46.2 Å². The Morgan fingerprint density at radius 3 is 2.35 bits per heavy atom. The first-order chi connectivity index (χ1) is 9.55. The number of aromatic hydroxyl groups is 1. The molecule has 1 fully saturated rings. The molecule has 1 aliphatic rings. The minimum atomic E-state index is -0.00683. The zero-order valence-corrected chi connectivity index (χ0v) is 13.2. The van der Waals surface area contributed by atoms with Crippen molar-refractivity contribution in [3.8, 4) is 5.75 Å². The predicted octanol–water partition coefficient (Wildman–Crippen LogP) is 4.24. The summed E-state index contributed by atoms with van der Waals surface area (Å²) in [6.07, 6.45) is 6.85. The van der Waals surface area contributed by atoms with E-state index in [2.05, 4.69) is 32.9 Å². The van der Waals surface area contributed by atoms with Crippen LogP contribution >= 0.6 is 0 Å². The monoisotopic (exact) mass is 275 g/mol. The van der Waals surface area contributed by atoms with Gasteiger partial charge in [0.1, 0.15) is 5.75 Å². The summed E-state index contributed by atoms with van der Waals surface area (Å²) in [5.41, 5.74) is 9.69. The highest BCUT2D eigenvalue weighted by atomic mass is 16.3. The van der Waals surface area contributed by atoms with E-state index in [0.29, 0.717) is 18.2 Å². The number of rotatable bonds is 4. The van der Waals surface area contributed by atoms with Crippen LogP contribution in [0.15, 0.2) is 12.1 Å². The van der Waals surface area contributed by atoms with Crippen LogP contribution in [-0.2, 0) is 11.8 Å². The minimum absolute atomic E-state index is 0.00683. The van der Waals surface area contributed by atoms with Crippen molar-refractivity contribution < 1.29 is 5.11 Å². The standard InChI is InChI=1S/C18H29NO/c1-4-14-8-9-15(13(2)3)16(17(14)20)18(12-19)10-6-5-7-11-18/h8-9,13,20H,4-7,10-12,19H2,1-3H3. The Balaban J connectivity index is 2.62. The van der Waals surface area contributed by atoms with Crippen molar-refractivity contribution in [3.63, 3.8) is 0 Å². The van der Waals surface area contributed by atoms with Crippen LogP contribution in [0.5, 0.6) is 5.75 Å². The lowest BCUT2D eigenvalue weighted by Crippen LogP contribution is -2.38. The van der Waals surface area contributed by atoms with Gasteiger partial charge in [-0.15, -0.1) is 0 Å². The predicted molar refractivity (Wildman–Crippen MR) is 85.4 cm³/mol. The average Bonchev–Trinajstić information content (AvgIpc) is 2.47. The maximum absolute atomic E-state index is 10.8. The molecule has 0 unspecified atom stereocenters. The third-order valence-corrected chi connectivity index (χ3v) is 5.03. The molecule has 2 nitrogen and oxygen atoms in total. The van der Waals surface area contributed by atoms with Crippen molar-refractivity contribution >= 4 is 0 Å². The normalized spacial score (nSPS) is 18.4. The van der Waals surface area contributed by atoms with E-state index in [1.54, 1.807) is 0 Å². The maximum atomic E-state index is 10.8. The van der Waals surface area contributed by atoms with Gasteiger partial charge in [0.25, 0.3) is 0 Å². The number of hydrogen-bond acceptors (Lipinski definition) is 2. The van der Waals surface area contributed by atoms with Crippen LogP contribution in [0.25, 0.3) is 0 Å². The Morgan fingerprint density at radius 2 is 1.85 bits per heavy atom. The van der Waals surface area contributed by atoms with Crippen LogP contribution in [0.4, 0.5) is 0 Å². The van der Waals surface area contributed by atoms with E-state index in [9.17, 15) is 5.11 Å². The lowest BCUT2D eigenvalue weighted by Gasteiger charge is -2.39. The van der Waals surface area contributed by atoms with E-state index in [1.165, 1.54) is 24.8 Å². The molecule has 1 saturated carbocycles. The fourth-order valence-corrected chi connectivity index (χ4v) is 3.76. The molecule has 0 heterocycles. The molecular formula is C18H29NO. The van der Waals surface area contributed by atoms with Gasteiger partial charge >= 0.3 is 0 Å². The Bertz CT molecular complexity index is 459. The van der Waals surface area contributed by atoms with Gasteiger partial charge in [-0.25, -0.2) is 0 Å². The average molecular weight is 275 g/mol. The van der Waals surface area contributed by atoms with Gasteiger partial charge in [-0.05, 0) is 36.3 Å². The highest BCUT2D eigenvalue weighted by molar-refractivity contribution is 5.51. The fraction of sp³-hybridized carbons (Fsp3) is 0.667. The van der Waals surface area contributed by atoms with Gasteiger partial charge in [-0.1, -0.05) is 52.2 Å². The summed E-state index contributed by atoms with van der Waals surface area (Å²) in [5.74, 6) is 0.943. The van der Waals surface area contributed by atoms with Crippen molar-refractivity contribution in [1.29, 1.82) is 0 Å². The number of phenolic OH excluding ortho intramolecular Hbond substituents is 1. The minimum Gasteiger partial charge on any atom is -0.507 e. The number of aryl methyl sites for hydroxylation is 1. The second-order valence-corrected chi connectivity index (χ2v) is 6.59. The Morgan fingerprint density at radius 1 is 1.20 bits per heavy atom. The maximum Gasteiger partial charge on any atom is 0.122 e. The van der Waals surface area contributed by atoms with Crippen molar-refractivity contribution in [3.05, 3.63) is 28.8 Å². The van der Waals surface area contributed by atoms with E-state index in [4.69, 9.17) is 5.73 Å². The van der Waals surface area contributed by atoms with Crippen LogP contribution < -0.4 is 5.73 Å². The van der Waals surface area contributed by atoms with Crippen molar-refractivity contribution in [2.45, 2.75) is 70.6 Å². The summed E-state index contributed by atoms with van der Waals surface area (Å²) in [6.45, 7) is 7.16. The first-order valence-corrected chi connectivity index (χ1v) is 8.11. The van der Waals surface area contributed by atoms with Crippen LogP contribution in [0.3, 0.4) is 0 Å². The van der Waals surface area contributed by atoms with E-state index < -0.39 is 0 Å². The summed E-state index contributed by atoms with van der Waals surface area (Å²) in [4.78, 5) is 0. The number of hydrogen-bond donors (Lipinski definition) is 2. The molecule has 0 saturated heterocycles. The molecule has 0 amide bonds. The smallest absolute Gasteiger partial charge is 0.122 e. The van der Waals surface area contributed by atoms with E-state index in [1.807, 2.05) is 0 Å². The molecule has 1 aromatic carbocycles. The van der Waals surface area contributed by atoms with Gasteiger partial charge in [-0.3, -0.25) is 0 Å².